The van der Waals surface area contributed by atoms with Crippen LogP contribution in [0.3, 0.4) is 0 Å². The van der Waals surface area contributed by atoms with Gasteiger partial charge in [0.1, 0.15) is 11.6 Å². The lowest BCUT2D eigenvalue weighted by Gasteiger charge is -2.40. The molecule has 0 radical (unpaired) electrons. The van der Waals surface area contributed by atoms with Crippen LogP contribution in [-0.2, 0) is 19.1 Å². The van der Waals surface area contributed by atoms with Crippen molar-refractivity contribution in [2.24, 2.45) is 17.8 Å². The molecule has 2 unspecified atom stereocenters. The number of nitrogens with zero attached hydrogens (tertiary/aromatic N) is 3. The number of carbonyl (C=O) groups excluding carboxylic acids is 3. The van der Waals surface area contributed by atoms with Crippen LogP contribution in [0.15, 0.2) is 25.3 Å². The van der Waals surface area contributed by atoms with Crippen molar-refractivity contribution in [3.63, 3.8) is 0 Å². The van der Waals surface area contributed by atoms with E-state index in [-0.39, 0.29) is 30.2 Å². The molecule has 3 amide bonds. The minimum Gasteiger partial charge on any atom is -0.394 e. The highest BCUT2D eigenvalue weighted by atomic mass is 16.5. The second-order valence-corrected chi connectivity index (χ2v) is 11.4. The highest BCUT2D eigenvalue weighted by Crippen LogP contribution is 2.64. The van der Waals surface area contributed by atoms with Crippen molar-refractivity contribution in [3.05, 3.63) is 25.3 Å². The lowest BCUT2D eigenvalue weighted by molar-refractivity contribution is -0.156. The van der Waals surface area contributed by atoms with Crippen molar-refractivity contribution >= 4 is 17.7 Å². The third-order valence-electron chi connectivity index (χ3n) is 8.28. The van der Waals surface area contributed by atoms with Gasteiger partial charge in [-0.1, -0.05) is 39.3 Å². The van der Waals surface area contributed by atoms with Crippen LogP contribution in [0.1, 0.15) is 59.8 Å². The van der Waals surface area contributed by atoms with Gasteiger partial charge in [-0.05, 0) is 38.5 Å². The molecule has 36 heavy (non-hydrogen) atoms. The molecule has 0 saturated carbocycles. The van der Waals surface area contributed by atoms with E-state index < -0.39 is 35.1 Å². The zero-order chi connectivity index (χ0) is 26.8. The fourth-order valence-electron chi connectivity index (χ4n) is 6.72. The summed E-state index contributed by atoms with van der Waals surface area (Å²) in [7, 11) is 1.71. The monoisotopic (exact) mass is 503 g/mol. The Hall–Kier alpha value is -2.19. The molecule has 202 valence electrons. The first kappa shape index (κ1) is 28.4. The lowest BCUT2D eigenvalue weighted by Crippen LogP contribution is -2.59. The van der Waals surface area contributed by atoms with E-state index in [0.717, 1.165) is 12.8 Å². The molecular formula is C28H45N3O5. The third-order valence-corrected chi connectivity index (χ3v) is 8.28. The summed E-state index contributed by atoms with van der Waals surface area (Å²) in [6.07, 6.45) is 6.79. The summed E-state index contributed by atoms with van der Waals surface area (Å²) in [5, 5.41) is 10.4. The Morgan fingerprint density at radius 3 is 2.44 bits per heavy atom. The number of amides is 3. The van der Waals surface area contributed by atoms with E-state index in [4.69, 9.17) is 4.74 Å². The summed E-state index contributed by atoms with van der Waals surface area (Å²) in [4.78, 5) is 47.1. The smallest absolute Gasteiger partial charge is 0.248 e. The molecule has 2 bridgehead atoms. The minimum atomic E-state index is -1.09. The summed E-state index contributed by atoms with van der Waals surface area (Å²) in [5.74, 6) is -1.84. The lowest BCUT2D eigenvalue weighted by atomic mass is 9.66. The number of rotatable bonds is 13. The number of aliphatic hydroxyl groups excluding tert-OH is 1. The van der Waals surface area contributed by atoms with Crippen LogP contribution < -0.4 is 0 Å². The minimum absolute atomic E-state index is 0.163. The van der Waals surface area contributed by atoms with Crippen LogP contribution in [0.2, 0.25) is 0 Å². The van der Waals surface area contributed by atoms with Crippen LogP contribution >= 0.6 is 0 Å². The van der Waals surface area contributed by atoms with Gasteiger partial charge in [-0.15, -0.1) is 13.2 Å². The molecule has 8 heteroatoms. The standard InChI is InChI=1S/C28H45N3O5/c1-8-11-16-30(15-10-3)26(35)23-28-13-12-27(6,36-28)21(24(33)29(7)14-9-2)22(28)25(34)31(23)20(18-32)17-19(4)5/h9-10,19-23,32H,2-3,8,11-18H2,1,4-7H3/t20-,21+,22+,23?,27-,28?/m1/s1. The molecule has 3 rings (SSSR count). The first-order valence-electron chi connectivity index (χ1n) is 13.4. The largest absolute Gasteiger partial charge is 0.394 e. The van der Waals surface area contributed by atoms with E-state index in [1.807, 2.05) is 20.8 Å². The molecule has 3 aliphatic rings. The second-order valence-electron chi connectivity index (χ2n) is 11.4. The average molecular weight is 504 g/mol. The molecule has 0 aromatic carbocycles. The van der Waals surface area contributed by atoms with Crippen molar-refractivity contribution < 1.29 is 24.2 Å². The van der Waals surface area contributed by atoms with Gasteiger partial charge in [0.15, 0.2) is 0 Å². The normalized spacial score (nSPS) is 31.5. The molecule has 8 nitrogen and oxygen atoms in total. The van der Waals surface area contributed by atoms with E-state index in [2.05, 4.69) is 20.1 Å². The number of aliphatic hydroxyl groups is 1. The molecule has 3 heterocycles. The van der Waals surface area contributed by atoms with Gasteiger partial charge in [0.25, 0.3) is 0 Å². The number of hydrogen-bond donors (Lipinski definition) is 1. The van der Waals surface area contributed by atoms with Crippen LogP contribution in [0, 0.1) is 17.8 Å². The SMILES string of the molecule is C=CCN(C)C(=O)[C@@H]1[C@H]2C(=O)N([C@@H](CO)CC(C)C)C(C(=O)N(CC=C)CCCC)C23CC[C@@]1(C)O3. The highest BCUT2D eigenvalue weighted by molar-refractivity contribution is 5.99. The molecule has 0 aliphatic carbocycles. The van der Waals surface area contributed by atoms with Gasteiger partial charge >= 0.3 is 0 Å². The Morgan fingerprint density at radius 2 is 1.89 bits per heavy atom. The van der Waals surface area contributed by atoms with Gasteiger partial charge in [0.2, 0.25) is 17.7 Å². The van der Waals surface area contributed by atoms with Crippen LogP contribution in [-0.4, -0.2) is 94.1 Å². The Kier molecular flexibility index (Phi) is 8.71. The number of hydrogen-bond acceptors (Lipinski definition) is 5. The Balaban J connectivity index is 2.12. The summed E-state index contributed by atoms with van der Waals surface area (Å²) in [6, 6.07) is -1.41. The number of likely N-dealkylation sites (tertiary alicyclic amines) is 1. The van der Waals surface area contributed by atoms with Crippen LogP contribution in [0.25, 0.3) is 0 Å². The second kappa shape index (κ2) is 11.1. The number of likely N-dealkylation sites (N-methyl/N-ethyl adjacent to an activating group) is 1. The topological polar surface area (TPSA) is 90.4 Å². The predicted octanol–water partition coefficient (Wildman–Crippen LogP) is 2.62. The van der Waals surface area contributed by atoms with Crippen molar-refractivity contribution in [1.29, 1.82) is 0 Å². The van der Waals surface area contributed by atoms with Gasteiger partial charge in [0, 0.05) is 26.7 Å². The van der Waals surface area contributed by atoms with Crippen LogP contribution in [0.4, 0.5) is 0 Å². The van der Waals surface area contributed by atoms with Crippen molar-refractivity contribution in [2.75, 3.05) is 33.3 Å². The molecule has 3 aliphatic heterocycles. The molecule has 1 N–H and O–H groups in total. The third kappa shape index (κ3) is 4.62. The number of unbranched alkanes of at least 4 members (excludes halogenated alkanes) is 1. The maximum atomic E-state index is 14.3. The molecule has 1 spiro atoms. The maximum absolute atomic E-state index is 14.3. The zero-order valence-corrected chi connectivity index (χ0v) is 22.7. The molecule has 0 aromatic heterocycles. The van der Waals surface area contributed by atoms with Crippen molar-refractivity contribution in [3.8, 4) is 0 Å². The fourth-order valence-corrected chi connectivity index (χ4v) is 6.72. The highest BCUT2D eigenvalue weighted by Gasteiger charge is 2.78. The number of carbonyl (C=O) groups is 3. The van der Waals surface area contributed by atoms with Gasteiger partial charge in [0.05, 0.1) is 30.1 Å². The van der Waals surface area contributed by atoms with Crippen LogP contribution in [0.5, 0.6) is 0 Å². The van der Waals surface area contributed by atoms with E-state index >= 15 is 0 Å². The molecule has 6 atom stereocenters. The predicted molar refractivity (Wildman–Crippen MR) is 139 cm³/mol. The summed E-state index contributed by atoms with van der Waals surface area (Å²) < 4.78 is 6.71. The zero-order valence-electron chi connectivity index (χ0n) is 22.7. The Bertz CT molecular complexity index is 875. The molecule has 3 fully saturated rings. The summed E-state index contributed by atoms with van der Waals surface area (Å²) in [6.45, 7) is 16.6. The first-order valence-corrected chi connectivity index (χ1v) is 13.4. The average Bonchev–Trinajstić information content (AvgIpc) is 3.40. The molecular weight excluding hydrogens is 458 g/mol. The molecule has 3 saturated heterocycles. The molecule has 0 aromatic rings. The van der Waals surface area contributed by atoms with Crippen molar-refractivity contribution in [1.82, 2.24) is 14.7 Å². The van der Waals surface area contributed by atoms with E-state index in [9.17, 15) is 19.5 Å². The van der Waals surface area contributed by atoms with E-state index in [1.54, 1.807) is 33.9 Å². The van der Waals surface area contributed by atoms with Crippen molar-refractivity contribution in [2.45, 2.75) is 83.1 Å². The Labute approximate surface area is 216 Å². The van der Waals surface area contributed by atoms with Gasteiger partial charge in [-0.25, -0.2) is 0 Å². The summed E-state index contributed by atoms with van der Waals surface area (Å²) >= 11 is 0. The number of ether oxygens (including phenoxy) is 1. The first-order chi connectivity index (χ1) is 17.0. The fraction of sp³-hybridized carbons (Fsp3) is 0.750. The van der Waals surface area contributed by atoms with E-state index in [1.165, 1.54) is 0 Å². The van der Waals surface area contributed by atoms with Gasteiger partial charge < -0.3 is 24.5 Å². The van der Waals surface area contributed by atoms with Gasteiger partial charge in [-0.2, -0.15) is 0 Å². The van der Waals surface area contributed by atoms with E-state index in [0.29, 0.717) is 38.9 Å². The number of fused-ring (bicyclic) bond motifs is 1. The Morgan fingerprint density at radius 1 is 1.22 bits per heavy atom. The van der Waals surface area contributed by atoms with Gasteiger partial charge in [-0.3, -0.25) is 14.4 Å². The summed E-state index contributed by atoms with van der Waals surface area (Å²) in [5.41, 5.74) is -1.91. The maximum Gasteiger partial charge on any atom is 0.248 e. The quantitative estimate of drug-likeness (QED) is 0.390.